The Labute approximate surface area is 367 Å². The van der Waals surface area contributed by atoms with Crippen molar-refractivity contribution in [1.29, 1.82) is 0 Å². The van der Waals surface area contributed by atoms with Crippen molar-refractivity contribution in [3.05, 3.63) is 58.8 Å². The van der Waals surface area contributed by atoms with Gasteiger partial charge in [0.1, 0.15) is 17.0 Å². The molecule has 1 saturated heterocycles. The number of rotatable bonds is 11. The van der Waals surface area contributed by atoms with Crippen molar-refractivity contribution in [2.24, 2.45) is 56.7 Å². The first-order valence-electron chi connectivity index (χ1n) is 23.5. The van der Waals surface area contributed by atoms with Crippen molar-refractivity contribution in [3.63, 3.8) is 0 Å². The Hall–Kier alpha value is -2.20. The van der Waals surface area contributed by atoms with Crippen LogP contribution in [0.4, 0.5) is 0 Å². The van der Waals surface area contributed by atoms with Crippen LogP contribution in [0.3, 0.4) is 0 Å². The summed E-state index contributed by atoms with van der Waals surface area (Å²) in [5, 5.41) is 4.67. The largest absolute Gasteiger partial charge is 0.475 e. The van der Waals surface area contributed by atoms with Gasteiger partial charge in [0, 0.05) is 37.9 Å². The van der Waals surface area contributed by atoms with Gasteiger partial charge in [-0.3, -0.25) is 4.79 Å². The summed E-state index contributed by atoms with van der Waals surface area (Å²) in [6, 6.07) is 3.54. The SMILES string of the molecule is C=C(C)[C@@H]1CC[C@]2(NCCN3CCS(=O)(=O)CC3)CC[C@]3(C)[C@H](CCC4[C@@]5(C)CC=C(C6=CC[C@](COc7ncccc7Cl)(C(=O)OCC)CC6)C(C)(C)C5CC[C@]43C)C12. The number of hydrogen-bond donors (Lipinski definition) is 1. The Bertz CT molecular complexity index is 2000. The highest BCUT2D eigenvalue weighted by molar-refractivity contribution is 7.91. The van der Waals surface area contributed by atoms with Crippen molar-refractivity contribution >= 4 is 27.4 Å². The van der Waals surface area contributed by atoms with E-state index in [1.165, 1.54) is 68.1 Å². The van der Waals surface area contributed by atoms with Crippen molar-refractivity contribution in [3.8, 4) is 5.88 Å². The monoisotopic (exact) mass is 864 g/mol. The standard InChI is InChI=1S/C50H74ClN3O5S/c1-9-58-44(55)49(33-59-43-39(51)11-10-26-52-43)21-14-35(15-22-49)37-17-19-46(6)40(45(37,4)5)18-20-48(8)41(46)13-12-38-42-36(34(2)3)16-23-50(42,25-24-47(38,48)7)53-27-28-54-29-31-60(56,57)32-30-54/h10-11,14,17,26,36,38,40-42,53H,2,9,12-13,15-16,18-25,27-33H2,1,3-8H3/t36-,38+,40?,41?,42?,46-,47+,48+,49-,50-/m0/s1. The molecule has 1 N–H and O–H groups in total. The van der Waals surface area contributed by atoms with Crippen LogP contribution in [0.25, 0.3) is 0 Å². The number of nitrogens with one attached hydrogen (secondary N) is 1. The number of allylic oxidation sites excluding steroid dienone is 5. The molecule has 0 spiro atoms. The van der Waals surface area contributed by atoms with Crippen LogP contribution in [0, 0.1) is 56.7 Å². The summed E-state index contributed by atoms with van der Waals surface area (Å²) in [7, 11) is -2.87. The van der Waals surface area contributed by atoms with Gasteiger partial charge < -0.3 is 19.7 Å². The highest BCUT2D eigenvalue weighted by Crippen LogP contribution is 2.76. The smallest absolute Gasteiger partial charge is 0.315 e. The Balaban J connectivity index is 1.01. The Morgan fingerprint density at radius 2 is 1.73 bits per heavy atom. The van der Waals surface area contributed by atoms with Crippen molar-refractivity contribution < 1.29 is 22.7 Å². The molecule has 0 radical (unpaired) electrons. The first-order valence-corrected chi connectivity index (χ1v) is 25.7. The molecule has 0 aromatic carbocycles. The summed E-state index contributed by atoms with van der Waals surface area (Å²) < 4.78 is 36.0. The number of hydrogen-bond acceptors (Lipinski definition) is 8. The van der Waals surface area contributed by atoms with E-state index in [1.54, 1.807) is 18.3 Å². The van der Waals surface area contributed by atoms with Gasteiger partial charge in [0.15, 0.2) is 9.84 Å². The number of nitrogens with zero attached hydrogens (tertiary/aromatic N) is 2. The predicted octanol–water partition coefficient (Wildman–Crippen LogP) is 10.0. The zero-order valence-electron chi connectivity index (χ0n) is 37.8. The molecule has 2 heterocycles. The van der Waals surface area contributed by atoms with E-state index >= 15 is 0 Å². The van der Waals surface area contributed by atoms with Crippen LogP contribution < -0.4 is 10.1 Å². The van der Waals surface area contributed by atoms with Crippen LogP contribution in [0.15, 0.2) is 53.8 Å². The third-order valence-electron chi connectivity index (χ3n) is 18.9. The van der Waals surface area contributed by atoms with E-state index in [1.807, 2.05) is 6.92 Å². The molecule has 60 heavy (non-hydrogen) atoms. The highest BCUT2D eigenvalue weighted by Gasteiger charge is 2.70. The number of ether oxygens (including phenoxy) is 2. The number of carbonyl (C=O) groups excluding carboxylic acids is 1. The number of esters is 1. The van der Waals surface area contributed by atoms with E-state index in [4.69, 9.17) is 21.1 Å². The summed E-state index contributed by atoms with van der Waals surface area (Å²) in [6.45, 7) is 25.7. The van der Waals surface area contributed by atoms with Crippen molar-refractivity contribution in [2.75, 3.05) is 50.9 Å². The van der Waals surface area contributed by atoms with Gasteiger partial charge in [0.2, 0.25) is 5.88 Å². The Kier molecular flexibility index (Phi) is 11.9. The molecule has 4 saturated carbocycles. The maximum absolute atomic E-state index is 13.6. The predicted molar refractivity (Wildman–Crippen MR) is 242 cm³/mol. The lowest BCUT2D eigenvalue weighted by molar-refractivity contribution is -0.221. The highest BCUT2D eigenvalue weighted by atomic mass is 35.5. The van der Waals surface area contributed by atoms with Crippen LogP contribution in [-0.4, -0.2) is 80.7 Å². The molecule has 5 fully saturated rings. The zero-order chi connectivity index (χ0) is 42.9. The molecule has 332 valence electrons. The van der Waals surface area contributed by atoms with E-state index < -0.39 is 15.3 Å². The fourth-order valence-corrected chi connectivity index (χ4v) is 17.0. The molecule has 1 aromatic heterocycles. The lowest BCUT2D eigenvalue weighted by Crippen LogP contribution is -2.68. The molecule has 1 aliphatic heterocycles. The van der Waals surface area contributed by atoms with Crippen LogP contribution in [0.5, 0.6) is 5.88 Å². The quantitative estimate of drug-likeness (QED) is 0.174. The van der Waals surface area contributed by atoms with Gasteiger partial charge in [-0.25, -0.2) is 13.4 Å². The number of sulfone groups is 1. The topological polar surface area (TPSA) is 97.8 Å². The van der Waals surface area contributed by atoms with Crippen LogP contribution >= 0.6 is 11.6 Å². The minimum atomic E-state index is -2.87. The second-order valence-corrected chi connectivity index (χ2v) is 24.5. The average Bonchev–Trinajstić information content (AvgIpc) is 3.59. The summed E-state index contributed by atoms with van der Waals surface area (Å²) in [5.74, 6) is 3.80. The van der Waals surface area contributed by atoms with Gasteiger partial charge in [0.25, 0.3) is 0 Å². The molecule has 6 aliphatic carbocycles. The zero-order valence-corrected chi connectivity index (χ0v) is 39.4. The van der Waals surface area contributed by atoms with E-state index in [2.05, 4.69) is 75.5 Å². The average molecular weight is 865 g/mol. The molecule has 1 aromatic rings. The van der Waals surface area contributed by atoms with Gasteiger partial charge in [-0.1, -0.05) is 70.5 Å². The van der Waals surface area contributed by atoms with Gasteiger partial charge in [-0.15, -0.1) is 0 Å². The van der Waals surface area contributed by atoms with Crippen LogP contribution in [0.2, 0.25) is 5.02 Å². The number of fused-ring (bicyclic) bond motifs is 7. The molecule has 10 atom stereocenters. The Morgan fingerprint density at radius 1 is 0.967 bits per heavy atom. The number of pyridine rings is 1. The van der Waals surface area contributed by atoms with Crippen LogP contribution in [-0.2, 0) is 19.4 Å². The molecular formula is C50H74ClN3O5S. The summed E-state index contributed by atoms with van der Waals surface area (Å²) in [6.07, 6.45) is 19.9. The molecule has 7 aliphatic rings. The number of halogens is 1. The lowest BCUT2D eigenvalue weighted by Gasteiger charge is -2.72. The first-order chi connectivity index (χ1) is 28.3. The molecular weight excluding hydrogens is 790 g/mol. The van der Waals surface area contributed by atoms with E-state index in [0.717, 1.165) is 25.9 Å². The minimum absolute atomic E-state index is 0.0144. The maximum Gasteiger partial charge on any atom is 0.315 e. The number of aromatic nitrogens is 1. The summed E-state index contributed by atoms with van der Waals surface area (Å²) >= 11 is 6.39. The molecule has 8 rings (SSSR count). The van der Waals surface area contributed by atoms with Gasteiger partial charge in [0.05, 0.1) is 18.1 Å². The van der Waals surface area contributed by atoms with Crippen molar-refractivity contribution in [2.45, 2.75) is 131 Å². The van der Waals surface area contributed by atoms with E-state index in [9.17, 15) is 13.2 Å². The van der Waals surface area contributed by atoms with Gasteiger partial charge >= 0.3 is 5.97 Å². The third-order valence-corrected chi connectivity index (χ3v) is 20.8. The van der Waals surface area contributed by atoms with E-state index in [-0.39, 0.29) is 39.8 Å². The second-order valence-electron chi connectivity index (χ2n) is 21.8. The minimum Gasteiger partial charge on any atom is -0.475 e. The van der Waals surface area contributed by atoms with E-state index in [0.29, 0.717) is 84.5 Å². The first kappa shape index (κ1) is 44.4. The lowest BCUT2D eigenvalue weighted by atomic mass is 9.33. The molecule has 3 unspecified atom stereocenters. The second kappa shape index (κ2) is 16.1. The Morgan fingerprint density at radius 3 is 2.42 bits per heavy atom. The van der Waals surface area contributed by atoms with Crippen molar-refractivity contribution in [1.82, 2.24) is 15.2 Å². The summed E-state index contributed by atoms with van der Waals surface area (Å²) in [5.41, 5.74) is 4.37. The summed E-state index contributed by atoms with van der Waals surface area (Å²) in [4.78, 5) is 20.3. The number of carbonyl (C=O) groups is 1. The molecule has 10 heteroatoms. The fraction of sp³-hybridized carbons (Fsp3) is 0.760. The maximum atomic E-state index is 13.6. The van der Waals surface area contributed by atoms with Gasteiger partial charge in [-0.2, -0.15) is 0 Å². The fourth-order valence-electron chi connectivity index (χ4n) is 15.5. The molecule has 0 amide bonds. The molecule has 0 bridgehead atoms. The normalized spacial score (nSPS) is 40.8. The van der Waals surface area contributed by atoms with Gasteiger partial charge in [-0.05, 0) is 165 Å². The molecule has 8 nitrogen and oxygen atoms in total. The van der Waals surface area contributed by atoms with Crippen LogP contribution in [0.1, 0.15) is 126 Å². The third kappa shape index (κ3) is 7.27.